The van der Waals surface area contributed by atoms with Gasteiger partial charge < -0.3 is 9.84 Å². The number of nitrogens with one attached hydrogen (secondary N) is 1. The summed E-state index contributed by atoms with van der Waals surface area (Å²) in [6.07, 6.45) is 2.55. The second-order valence-electron chi connectivity index (χ2n) is 4.95. The molecule has 0 radical (unpaired) electrons. The van der Waals surface area contributed by atoms with Crippen molar-refractivity contribution in [3.63, 3.8) is 0 Å². The van der Waals surface area contributed by atoms with Crippen LogP contribution in [-0.2, 0) is 14.8 Å². The lowest BCUT2D eigenvalue weighted by molar-refractivity contribution is 0.173. The molecule has 0 bridgehead atoms. The first-order valence-electron chi connectivity index (χ1n) is 7.28. The van der Waals surface area contributed by atoms with Crippen LogP contribution < -0.4 is 4.72 Å². The molecule has 1 unspecified atom stereocenters. The molecule has 21 heavy (non-hydrogen) atoms. The molecule has 0 saturated carbocycles. The largest absolute Gasteiger partial charge is 0.388 e. The third kappa shape index (κ3) is 6.13. The van der Waals surface area contributed by atoms with Gasteiger partial charge in [0, 0.05) is 20.3 Å². The summed E-state index contributed by atoms with van der Waals surface area (Å²) in [5.41, 5.74) is 0.625. The van der Waals surface area contributed by atoms with Crippen molar-refractivity contribution in [1.29, 1.82) is 0 Å². The van der Waals surface area contributed by atoms with Gasteiger partial charge in [0.25, 0.3) is 0 Å². The van der Waals surface area contributed by atoms with Gasteiger partial charge in [-0.2, -0.15) is 0 Å². The minimum Gasteiger partial charge on any atom is -0.388 e. The second kappa shape index (κ2) is 9.15. The Balaban J connectivity index is 2.58. The zero-order chi connectivity index (χ0) is 15.7. The Morgan fingerprint density at radius 3 is 2.71 bits per heavy atom. The molecule has 120 valence electrons. The van der Waals surface area contributed by atoms with E-state index in [-0.39, 0.29) is 4.90 Å². The van der Waals surface area contributed by atoms with Crippen molar-refractivity contribution in [1.82, 2.24) is 4.72 Å². The van der Waals surface area contributed by atoms with E-state index < -0.39 is 16.1 Å². The maximum atomic E-state index is 12.2. The number of aliphatic hydroxyl groups is 1. The molecule has 0 spiro atoms. The van der Waals surface area contributed by atoms with Crippen LogP contribution >= 0.6 is 0 Å². The number of unbranched alkanes of at least 4 members (excludes halogenated alkanes) is 2. The summed E-state index contributed by atoms with van der Waals surface area (Å²) in [4.78, 5) is 0.199. The Morgan fingerprint density at radius 1 is 1.29 bits per heavy atom. The molecular weight excluding hydrogens is 290 g/mol. The first-order chi connectivity index (χ1) is 10.0. The van der Waals surface area contributed by atoms with Gasteiger partial charge in [-0.05, 0) is 43.4 Å². The Bertz CT molecular complexity index is 516. The van der Waals surface area contributed by atoms with Crippen molar-refractivity contribution < 1.29 is 18.3 Å². The third-order valence-electron chi connectivity index (χ3n) is 3.26. The summed E-state index contributed by atoms with van der Waals surface area (Å²) in [5.74, 6) is 0. The van der Waals surface area contributed by atoms with E-state index in [9.17, 15) is 13.5 Å². The van der Waals surface area contributed by atoms with Crippen LogP contribution in [-0.4, -0.2) is 33.8 Å². The van der Waals surface area contributed by atoms with E-state index >= 15 is 0 Å². The number of hydrogen-bond donors (Lipinski definition) is 2. The molecule has 0 aromatic heterocycles. The number of benzene rings is 1. The molecule has 1 atom stereocenters. The van der Waals surface area contributed by atoms with Gasteiger partial charge in [-0.1, -0.05) is 19.1 Å². The van der Waals surface area contributed by atoms with E-state index in [1.807, 2.05) is 6.92 Å². The Hall–Kier alpha value is -0.950. The maximum absolute atomic E-state index is 12.2. The number of aliphatic hydroxyl groups excluding tert-OH is 1. The number of methoxy groups -OCH3 is 1. The quantitative estimate of drug-likeness (QED) is 0.649. The molecule has 0 aliphatic carbocycles. The highest BCUT2D eigenvalue weighted by Crippen LogP contribution is 2.19. The minimum absolute atomic E-state index is 0.199. The lowest BCUT2D eigenvalue weighted by atomic mass is 10.1. The smallest absolute Gasteiger partial charge is 0.240 e. The Kier molecular flexibility index (Phi) is 7.88. The molecule has 0 aliphatic heterocycles. The molecule has 1 aromatic rings. The van der Waals surface area contributed by atoms with E-state index in [0.717, 1.165) is 19.3 Å². The van der Waals surface area contributed by atoms with Crippen molar-refractivity contribution in [3.8, 4) is 0 Å². The van der Waals surface area contributed by atoms with Gasteiger partial charge in [-0.25, -0.2) is 13.1 Å². The van der Waals surface area contributed by atoms with Crippen LogP contribution in [0.4, 0.5) is 0 Å². The van der Waals surface area contributed by atoms with Crippen LogP contribution in [0.25, 0.3) is 0 Å². The molecule has 0 fully saturated rings. The van der Waals surface area contributed by atoms with E-state index in [2.05, 4.69) is 4.72 Å². The molecule has 0 heterocycles. The van der Waals surface area contributed by atoms with Gasteiger partial charge in [0.1, 0.15) is 0 Å². The second-order valence-corrected chi connectivity index (χ2v) is 6.71. The highest BCUT2D eigenvalue weighted by Gasteiger charge is 2.15. The average molecular weight is 315 g/mol. The zero-order valence-corrected chi connectivity index (χ0v) is 13.5. The predicted molar refractivity (Wildman–Crippen MR) is 82.6 cm³/mol. The zero-order valence-electron chi connectivity index (χ0n) is 12.7. The van der Waals surface area contributed by atoms with Crippen molar-refractivity contribution >= 4 is 10.0 Å². The van der Waals surface area contributed by atoms with E-state index in [4.69, 9.17) is 4.74 Å². The number of ether oxygens (including phenoxy) is 1. The molecule has 1 rings (SSSR count). The highest BCUT2D eigenvalue weighted by atomic mass is 32.2. The SMILES string of the molecule is CCC(O)c1cccc(S(=O)(=O)NCCCCCOC)c1. The van der Waals surface area contributed by atoms with Gasteiger partial charge in [-0.15, -0.1) is 0 Å². The van der Waals surface area contributed by atoms with E-state index in [1.165, 1.54) is 6.07 Å². The molecule has 0 saturated heterocycles. The summed E-state index contributed by atoms with van der Waals surface area (Å²) in [6.45, 7) is 2.96. The average Bonchev–Trinajstić information content (AvgIpc) is 2.50. The van der Waals surface area contributed by atoms with Crippen LogP contribution in [0.2, 0.25) is 0 Å². The molecule has 2 N–H and O–H groups in total. The summed E-state index contributed by atoms with van der Waals surface area (Å²) in [6, 6.07) is 6.46. The van der Waals surface area contributed by atoms with Crippen LogP contribution in [0, 0.1) is 0 Å². The molecule has 1 aromatic carbocycles. The third-order valence-corrected chi connectivity index (χ3v) is 4.72. The van der Waals surface area contributed by atoms with Crippen molar-refractivity contribution in [3.05, 3.63) is 29.8 Å². The Morgan fingerprint density at radius 2 is 2.05 bits per heavy atom. The lowest BCUT2D eigenvalue weighted by Gasteiger charge is -2.11. The topological polar surface area (TPSA) is 75.6 Å². The van der Waals surface area contributed by atoms with Crippen LogP contribution in [0.1, 0.15) is 44.3 Å². The normalized spacial score (nSPS) is 13.3. The van der Waals surface area contributed by atoms with Crippen molar-refractivity contribution in [2.45, 2.75) is 43.6 Å². The van der Waals surface area contributed by atoms with Gasteiger partial charge in [0.2, 0.25) is 10.0 Å². The van der Waals surface area contributed by atoms with Crippen LogP contribution in [0.15, 0.2) is 29.2 Å². The van der Waals surface area contributed by atoms with Crippen LogP contribution in [0.5, 0.6) is 0 Å². The van der Waals surface area contributed by atoms with Gasteiger partial charge in [0.05, 0.1) is 11.0 Å². The molecule has 6 heteroatoms. The summed E-state index contributed by atoms with van der Waals surface area (Å²) in [7, 11) is -1.86. The van der Waals surface area contributed by atoms with Gasteiger partial charge in [0.15, 0.2) is 0 Å². The summed E-state index contributed by atoms with van der Waals surface area (Å²) >= 11 is 0. The monoisotopic (exact) mass is 315 g/mol. The lowest BCUT2D eigenvalue weighted by Crippen LogP contribution is -2.25. The fourth-order valence-electron chi connectivity index (χ4n) is 1.96. The number of rotatable bonds is 10. The minimum atomic E-state index is -3.51. The number of sulfonamides is 1. The first kappa shape index (κ1) is 18.1. The molecule has 0 aliphatic rings. The molecule has 5 nitrogen and oxygen atoms in total. The van der Waals surface area contributed by atoms with Gasteiger partial charge in [-0.3, -0.25) is 0 Å². The Labute approximate surface area is 127 Å². The first-order valence-corrected chi connectivity index (χ1v) is 8.76. The predicted octanol–water partition coefficient (Wildman–Crippen LogP) is 2.23. The standard InChI is InChI=1S/C15H25NO4S/c1-3-15(17)13-8-7-9-14(12-13)21(18,19)16-10-5-4-6-11-20-2/h7-9,12,15-17H,3-6,10-11H2,1-2H3. The fourth-order valence-corrected chi connectivity index (χ4v) is 3.09. The highest BCUT2D eigenvalue weighted by molar-refractivity contribution is 7.89. The summed E-state index contributed by atoms with van der Waals surface area (Å²) < 4.78 is 31.9. The van der Waals surface area contributed by atoms with Crippen LogP contribution in [0.3, 0.4) is 0 Å². The van der Waals surface area contributed by atoms with Crippen molar-refractivity contribution in [2.75, 3.05) is 20.3 Å². The number of hydrogen-bond acceptors (Lipinski definition) is 4. The van der Waals surface area contributed by atoms with Gasteiger partial charge >= 0.3 is 0 Å². The molecule has 0 amide bonds. The van der Waals surface area contributed by atoms with Crippen molar-refractivity contribution in [2.24, 2.45) is 0 Å². The fraction of sp³-hybridized carbons (Fsp3) is 0.600. The van der Waals surface area contributed by atoms with E-state index in [0.29, 0.717) is 25.1 Å². The maximum Gasteiger partial charge on any atom is 0.240 e. The summed E-state index contributed by atoms with van der Waals surface area (Å²) in [5, 5.41) is 9.79. The molecular formula is C15H25NO4S. The van der Waals surface area contributed by atoms with E-state index in [1.54, 1.807) is 25.3 Å².